The molecule has 0 saturated heterocycles. The molecule has 0 amide bonds. The summed E-state index contributed by atoms with van der Waals surface area (Å²) in [6.45, 7) is 2.05. The maximum atomic E-state index is 4.32. The highest BCUT2D eigenvalue weighted by molar-refractivity contribution is 5.80. The zero-order chi connectivity index (χ0) is 14.5. The Morgan fingerprint density at radius 2 is 1.71 bits per heavy atom. The molecule has 0 fully saturated rings. The number of hydrogen-bond donors (Lipinski definition) is 0. The maximum absolute atomic E-state index is 4.32. The van der Waals surface area contributed by atoms with Crippen molar-refractivity contribution < 1.29 is 0 Å². The lowest BCUT2D eigenvalue weighted by molar-refractivity contribution is 1.17. The first-order valence-corrected chi connectivity index (χ1v) is 6.93. The minimum Gasteiger partial charge on any atom is -0.261 e. The van der Waals surface area contributed by atoms with Crippen molar-refractivity contribution >= 4 is 11.6 Å². The summed E-state index contributed by atoms with van der Waals surface area (Å²) in [7, 11) is 0. The molecule has 1 heterocycles. The predicted molar refractivity (Wildman–Crippen MR) is 87.5 cm³/mol. The second-order valence-electron chi connectivity index (χ2n) is 4.91. The van der Waals surface area contributed by atoms with Gasteiger partial charge in [-0.2, -0.15) is 0 Å². The van der Waals surface area contributed by atoms with Gasteiger partial charge in [-0.1, -0.05) is 48.5 Å². The molecule has 2 nitrogen and oxygen atoms in total. The fourth-order valence-electron chi connectivity index (χ4n) is 2.27. The van der Waals surface area contributed by atoms with Gasteiger partial charge in [-0.3, -0.25) is 9.97 Å². The lowest BCUT2D eigenvalue weighted by Gasteiger charge is -2.04. The van der Waals surface area contributed by atoms with Crippen LogP contribution in [-0.2, 0) is 0 Å². The number of allylic oxidation sites excluding steroid dienone is 1. The summed E-state index contributed by atoms with van der Waals surface area (Å²) in [6.07, 6.45) is 7.32. The molecule has 0 atom stereocenters. The van der Waals surface area contributed by atoms with Gasteiger partial charge < -0.3 is 0 Å². The van der Waals surface area contributed by atoms with E-state index >= 15 is 0 Å². The van der Waals surface area contributed by atoms with E-state index in [0.29, 0.717) is 0 Å². The minimum atomic E-state index is 0.905. The summed E-state index contributed by atoms with van der Waals surface area (Å²) in [6, 6.07) is 18.9. The van der Waals surface area contributed by atoms with E-state index in [1.807, 2.05) is 6.07 Å². The second-order valence-corrected chi connectivity index (χ2v) is 4.91. The minimum absolute atomic E-state index is 0.905. The molecule has 0 saturated carbocycles. The van der Waals surface area contributed by atoms with Crippen molar-refractivity contribution in [1.29, 1.82) is 0 Å². The van der Waals surface area contributed by atoms with E-state index in [0.717, 1.165) is 11.3 Å². The Morgan fingerprint density at radius 3 is 2.48 bits per heavy atom. The van der Waals surface area contributed by atoms with E-state index in [-0.39, 0.29) is 0 Å². The smallest absolute Gasteiger partial charge is 0.0842 e. The van der Waals surface area contributed by atoms with Crippen molar-refractivity contribution in [2.75, 3.05) is 0 Å². The molecule has 0 unspecified atom stereocenters. The van der Waals surface area contributed by atoms with E-state index in [1.165, 1.54) is 16.7 Å². The van der Waals surface area contributed by atoms with Crippen LogP contribution in [0.4, 0.5) is 0 Å². The van der Waals surface area contributed by atoms with Crippen molar-refractivity contribution in [2.24, 2.45) is 0 Å². The number of rotatable bonds is 3. The third-order valence-corrected chi connectivity index (χ3v) is 3.34. The first kappa shape index (κ1) is 13.3. The topological polar surface area (TPSA) is 25.8 Å². The Morgan fingerprint density at radius 1 is 0.905 bits per heavy atom. The van der Waals surface area contributed by atoms with Gasteiger partial charge >= 0.3 is 0 Å². The van der Waals surface area contributed by atoms with E-state index < -0.39 is 0 Å². The summed E-state index contributed by atoms with van der Waals surface area (Å²) in [5.74, 6) is 0. The van der Waals surface area contributed by atoms with Crippen molar-refractivity contribution in [3.63, 3.8) is 0 Å². The molecule has 102 valence electrons. The van der Waals surface area contributed by atoms with Crippen molar-refractivity contribution in [3.8, 4) is 11.1 Å². The largest absolute Gasteiger partial charge is 0.261 e. The Balaban J connectivity index is 1.94. The molecular formula is C19H16N2. The highest BCUT2D eigenvalue weighted by Crippen LogP contribution is 2.22. The standard InChI is InChI=1S/C19H16N2/c1-15(19-14-20-10-11-21-19)12-16-6-5-9-18(13-16)17-7-3-2-4-8-17/h2-14H,1H3/b15-12+. The maximum Gasteiger partial charge on any atom is 0.0842 e. The highest BCUT2D eigenvalue weighted by atomic mass is 14.8. The molecule has 3 aromatic rings. The molecule has 0 N–H and O–H groups in total. The van der Waals surface area contributed by atoms with Crippen LogP contribution in [0.2, 0.25) is 0 Å². The molecule has 0 spiro atoms. The van der Waals surface area contributed by atoms with Gasteiger partial charge in [0.1, 0.15) is 0 Å². The first-order chi connectivity index (χ1) is 10.3. The lowest BCUT2D eigenvalue weighted by atomic mass is 10.0. The fourth-order valence-corrected chi connectivity index (χ4v) is 2.27. The van der Waals surface area contributed by atoms with Gasteiger partial charge in [-0.15, -0.1) is 0 Å². The van der Waals surface area contributed by atoms with Gasteiger partial charge in [-0.25, -0.2) is 0 Å². The average Bonchev–Trinajstić information content (AvgIpc) is 2.57. The summed E-state index contributed by atoms with van der Waals surface area (Å²) >= 11 is 0. The van der Waals surface area contributed by atoms with Crippen molar-refractivity contribution in [1.82, 2.24) is 9.97 Å². The van der Waals surface area contributed by atoms with E-state index in [1.54, 1.807) is 18.6 Å². The summed E-state index contributed by atoms with van der Waals surface area (Å²) in [5, 5.41) is 0. The number of nitrogens with zero attached hydrogens (tertiary/aromatic N) is 2. The molecule has 0 aliphatic carbocycles. The third kappa shape index (κ3) is 3.23. The molecular weight excluding hydrogens is 256 g/mol. The Labute approximate surface area is 124 Å². The number of benzene rings is 2. The molecule has 0 radical (unpaired) electrons. The zero-order valence-corrected chi connectivity index (χ0v) is 11.9. The van der Waals surface area contributed by atoms with Crippen LogP contribution in [0.1, 0.15) is 18.2 Å². The van der Waals surface area contributed by atoms with Crippen molar-refractivity contribution in [3.05, 3.63) is 84.4 Å². The number of hydrogen-bond acceptors (Lipinski definition) is 2. The monoisotopic (exact) mass is 272 g/mol. The quantitative estimate of drug-likeness (QED) is 0.690. The average molecular weight is 272 g/mol. The summed E-state index contributed by atoms with van der Waals surface area (Å²) in [5.41, 5.74) is 5.62. The number of aromatic nitrogens is 2. The Bertz CT molecular complexity index is 747. The normalized spacial score (nSPS) is 11.4. The van der Waals surface area contributed by atoms with Gasteiger partial charge in [0.05, 0.1) is 11.9 Å². The predicted octanol–water partition coefficient (Wildman–Crippen LogP) is 4.70. The highest BCUT2D eigenvalue weighted by Gasteiger charge is 2.00. The molecule has 2 aromatic carbocycles. The Hall–Kier alpha value is -2.74. The third-order valence-electron chi connectivity index (χ3n) is 3.34. The van der Waals surface area contributed by atoms with Crippen molar-refractivity contribution in [2.45, 2.75) is 6.92 Å². The van der Waals surface area contributed by atoms with E-state index in [2.05, 4.69) is 71.5 Å². The molecule has 2 heteroatoms. The van der Waals surface area contributed by atoms with E-state index in [4.69, 9.17) is 0 Å². The van der Waals surface area contributed by atoms with E-state index in [9.17, 15) is 0 Å². The van der Waals surface area contributed by atoms with Crippen LogP contribution >= 0.6 is 0 Å². The van der Waals surface area contributed by atoms with Crippen LogP contribution in [0, 0.1) is 0 Å². The second kappa shape index (κ2) is 6.14. The van der Waals surface area contributed by atoms with Crippen LogP contribution in [0.3, 0.4) is 0 Å². The van der Waals surface area contributed by atoms with Crippen LogP contribution in [0.25, 0.3) is 22.8 Å². The van der Waals surface area contributed by atoms with Crippen LogP contribution in [0.15, 0.2) is 73.2 Å². The molecule has 0 aliphatic heterocycles. The lowest BCUT2D eigenvalue weighted by Crippen LogP contribution is -1.86. The molecule has 1 aromatic heterocycles. The molecule has 0 bridgehead atoms. The Kier molecular flexibility index (Phi) is 3.88. The first-order valence-electron chi connectivity index (χ1n) is 6.93. The molecule has 21 heavy (non-hydrogen) atoms. The van der Waals surface area contributed by atoms with Gasteiger partial charge in [-0.05, 0) is 41.3 Å². The summed E-state index contributed by atoms with van der Waals surface area (Å²) in [4.78, 5) is 8.43. The molecule has 0 aliphatic rings. The van der Waals surface area contributed by atoms with Gasteiger partial charge in [0.2, 0.25) is 0 Å². The van der Waals surface area contributed by atoms with Crippen LogP contribution < -0.4 is 0 Å². The summed E-state index contributed by atoms with van der Waals surface area (Å²) < 4.78 is 0. The van der Waals surface area contributed by atoms with Gasteiger partial charge in [0.25, 0.3) is 0 Å². The van der Waals surface area contributed by atoms with Crippen LogP contribution in [-0.4, -0.2) is 9.97 Å². The zero-order valence-electron chi connectivity index (χ0n) is 11.9. The SMILES string of the molecule is C/C(=C\c1cccc(-c2ccccc2)c1)c1cnccn1. The van der Waals surface area contributed by atoms with Gasteiger partial charge in [0, 0.05) is 12.4 Å². The van der Waals surface area contributed by atoms with Crippen LogP contribution in [0.5, 0.6) is 0 Å². The van der Waals surface area contributed by atoms with Gasteiger partial charge in [0.15, 0.2) is 0 Å². The fraction of sp³-hybridized carbons (Fsp3) is 0.0526. The molecule has 3 rings (SSSR count).